The molecule has 0 aliphatic heterocycles. The Bertz CT molecular complexity index is 404. The summed E-state index contributed by atoms with van der Waals surface area (Å²) < 4.78 is 12.8. The maximum absolute atomic E-state index is 6.02. The molecule has 0 amide bonds. The third kappa shape index (κ3) is 8.57. The van der Waals surface area contributed by atoms with E-state index in [1.54, 1.807) is 0 Å². The van der Waals surface area contributed by atoms with Gasteiger partial charge >= 0.3 is 0 Å². The zero-order valence-corrected chi connectivity index (χ0v) is 15.2. The van der Waals surface area contributed by atoms with Crippen molar-refractivity contribution < 1.29 is 9.47 Å². The minimum absolute atomic E-state index is 0.0534. The predicted molar refractivity (Wildman–Crippen MR) is 91.7 cm³/mol. The molecule has 1 aromatic rings. The average molecular weight is 358 g/mol. The van der Waals surface area contributed by atoms with E-state index in [0.29, 0.717) is 13.2 Å². The van der Waals surface area contributed by atoms with Gasteiger partial charge in [-0.25, -0.2) is 0 Å². The summed E-state index contributed by atoms with van der Waals surface area (Å²) in [6.07, 6.45) is 1.18. The molecule has 120 valence electrons. The lowest BCUT2D eigenvalue weighted by Crippen LogP contribution is -2.26. The largest absolute Gasteiger partial charge is 0.373 e. The number of rotatable bonds is 9. The van der Waals surface area contributed by atoms with E-state index in [2.05, 4.69) is 61.1 Å². The number of halogens is 1. The summed E-state index contributed by atoms with van der Waals surface area (Å²) in [6.45, 7) is 11.4. The number of hydrogen-bond donors (Lipinski definition) is 1. The molecule has 0 aliphatic rings. The number of benzene rings is 1. The van der Waals surface area contributed by atoms with Crippen molar-refractivity contribution in [3.05, 3.63) is 34.3 Å². The van der Waals surface area contributed by atoms with E-state index in [0.717, 1.165) is 24.0 Å². The van der Waals surface area contributed by atoms with Crippen molar-refractivity contribution in [3.63, 3.8) is 0 Å². The Balaban J connectivity index is 2.52. The Kier molecular flexibility index (Phi) is 8.49. The Morgan fingerprint density at radius 1 is 1.24 bits per heavy atom. The van der Waals surface area contributed by atoms with Crippen LogP contribution in [0.15, 0.2) is 28.7 Å². The maximum Gasteiger partial charge on any atom is 0.0950 e. The van der Waals surface area contributed by atoms with Crippen LogP contribution in [0.5, 0.6) is 0 Å². The van der Waals surface area contributed by atoms with Gasteiger partial charge in [0, 0.05) is 11.0 Å². The van der Waals surface area contributed by atoms with Gasteiger partial charge in [0.15, 0.2) is 0 Å². The Labute approximate surface area is 137 Å². The lowest BCUT2D eigenvalue weighted by atomic mass is 10.1. The summed E-state index contributed by atoms with van der Waals surface area (Å²) in [5, 5.41) is 3.43. The third-order valence-corrected chi connectivity index (χ3v) is 3.41. The molecule has 0 radical (unpaired) electrons. The smallest absolute Gasteiger partial charge is 0.0950 e. The van der Waals surface area contributed by atoms with Crippen LogP contribution in [0.4, 0.5) is 0 Å². The number of ether oxygens (including phenoxy) is 2. The van der Waals surface area contributed by atoms with E-state index in [1.807, 2.05) is 12.1 Å². The molecule has 1 rings (SSSR count). The van der Waals surface area contributed by atoms with Crippen LogP contribution in [-0.4, -0.2) is 31.9 Å². The minimum atomic E-state index is -0.116. The van der Waals surface area contributed by atoms with Crippen LogP contribution in [0.3, 0.4) is 0 Å². The third-order valence-electron chi connectivity index (χ3n) is 2.91. The molecule has 0 saturated carbocycles. The zero-order valence-electron chi connectivity index (χ0n) is 13.6. The molecular formula is C17H28BrNO2. The van der Waals surface area contributed by atoms with Gasteiger partial charge in [-0.15, -0.1) is 0 Å². The second-order valence-corrected chi connectivity index (χ2v) is 7.00. The number of nitrogens with one attached hydrogen (secondary N) is 1. The van der Waals surface area contributed by atoms with Gasteiger partial charge in [0.2, 0.25) is 0 Å². The molecular weight excluding hydrogens is 330 g/mol. The van der Waals surface area contributed by atoms with E-state index >= 15 is 0 Å². The minimum Gasteiger partial charge on any atom is -0.373 e. The second kappa shape index (κ2) is 9.57. The average Bonchev–Trinajstić information content (AvgIpc) is 2.40. The topological polar surface area (TPSA) is 30.5 Å². The van der Waals surface area contributed by atoms with Gasteiger partial charge in [-0.1, -0.05) is 35.0 Å². The highest BCUT2D eigenvalue weighted by atomic mass is 79.9. The Hall–Kier alpha value is -0.420. The molecule has 1 N–H and O–H groups in total. The summed E-state index contributed by atoms with van der Waals surface area (Å²) in [7, 11) is 0. The van der Waals surface area contributed by atoms with E-state index in [-0.39, 0.29) is 11.7 Å². The van der Waals surface area contributed by atoms with Gasteiger partial charge in [0.05, 0.1) is 24.9 Å². The van der Waals surface area contributed by atoms with Gasteiger partial charge in [-0.2, -0.15) is 0 Å². The Morgan fingerprint density at radius 2 is 2.00 bits per heavy atom. The first-order valence-corrected chi connectivity index (χ1v) is 8.43. The van der Waals surface area contributed by atoms with E-state index in [9.17, 15) is 0 Å². The fraction of sp³-hybridized carbons (Fsp3) is 0.647. The fourth-order valence-corrected chi connectivity index (χ4v) is 2.34. The normalized spacial score (nSPS) is 13.4. The monoisotopic (exact) mass is 357 g/mol. The zero-order chi connectivity index (χ0) is 15.7. The fourth-order valence-electron chi connectivity index (χ4n) is 1.93. The van der Waals surface area contributed by atoms with Crippen LogP contribution >= 0.6 is 15.9 Å². The van der Waals surface area contributed by atoms with Crippen molar-refractivity contribution in [1.82, 2.24) is 5.32 Å². The maximum atomic E-state index is 6.02. The number of hydrogen-bond acceptors (Lipinski definition) is 3. The molecule has 1 aromatic carbocycles. The van der Waals surface area contributed by atoms with Gasteiger partial charge in [-0.05, 0) is 51.4 Å². The molecule has 3 nitrogen and oxygen atoms in total. The van der Waals surface area contributed by atoms with E-state index < -0.39 is 0 Å². The van der Waals surface area contributed by atoms with Crippen LogP contribution in [-0.2, 0) is 9.47 Å². The molecule has 0 bridgehead atoms. The summed E-state index contributed by atoms with van der Waals surface area (Å²) in [6, 6.07) is 8.29. The SMILES string of the molecule is CCCNCC(OCCOC(C)(C)C)c1cccc(Br)c1. The molecule has 0 spiro atoms. The van der Waals surface area contributed by atoms with Crippen molar-refractivity contribution in [2.24, 2.45) is 0 Å². The molecule has 4 heteroatoms. The van der Waals surface area contributed by atoms with E-state index in [4.69, 9.17) is 9.47 Å². The lowest BCUT2D eigenvalue weighted by Gasteiger charge is -2.22. The lowest BCUT2D eigenvalue weighted by molar-refractivity contribution is -0.0518. The highest BCUT2D eigenvalue weighted by molar-refractivity contribution is 9.10. The van der Waals surface area contributed by atoms with Crippen LogP contribution in [0.1, 0.15) is 45.8 Å². The summed E-state index contributed by atoms with van der Waals surface area (Å²) >= 11 is 3.52. The molecule has 0 heterocycles. The van der Waals surface area contributed by atoms with Gasteiger partial charge in [0.1, 0.15) is 0 Å². The summed E-state index contributed by atoms with van der Waals surface area (Å²) in [5.74, 6) is 0. The first-order valence-electron chi connectivity index (χ1n) is 7.64. The quantitative estimate of drug-likeness (QED) is 0.667. The van der Waals surface area contributed by atoms with E-state index in [1.165, 1.54) is 5.56 Å². The molecule has 0 aromatic heterocycles. The van der Waals surface area contributed by atoms with Crippen LogP contribution < -0.4 is 5.32 Å². The molecule has 0 saturated heterocycles. The van der Waals surface area contributed by atoms with Crippen molar-refractivity contribution in [2.45, 2.75) is 45.8 Å². The van der Waals surface area contributed by atoms with Gasteiger partial charge in [0.25, 0.3) is 0 Å². The van der Waals surface area contributed by atoms with Crippen LogP contribution in [0, 0.1) is 0 Å². The first-order chi connectivity index (χ1) is 9.92. The van der Waals surface area contributed by atoms with Crippen LogP contribution in [0.25, 0.3) is 0 Å². The molecule has 1 unspecified atom stereocenters. The molecule has 1 atom stereocenters. The molecule has 0 fully saturated rings. The first kappa shape index (κ1) is 18.6. The molecule has 0 aliphatic carbocycles. The predicted octanol–water partition coefficient (Wildman–Crippen LogP) is 4.32. The second-order valence-electron chi connectivity index (χ2n) is 6.08. The highest BCUT2D eigenvalue weighted by Crippen LogP contribution is 2.21. The Morgan fingerprint density at radius 3 is 2.62 bits per heavy atom. The summed E-state index contributed by atoms with van der Waals surface area (Å²) in [4.78, 5) is 0. The van der Waals surface area contributed by atoms with Crippen molar-refractivity contribution >= 4 is 15.9 Å². The van der Waals surface area contributed by atoms with Crippen molar-refractivity contribution in [2.75, 3.05) is 26.3 Å². The van der Waals surface area contributed by atoms with Crippen molar-refractivity contribution in [3.8, 4) is 0 Å². The summed E-state index contributed by atoms with van der Waals surface area (Å²) in [5.41, 5.74) is 1.07. The van der Waals surface area contributed by atoms with Crippen LogP contribution in [0.2, 0.25) is 0 Å². The van der Waals surface area contributed by atoms with Gasteiger partial charge in [-0.3, -0.25) is 0 Å². The molecule has 21 heavy (non-hydrogen) atoms. The van der Waals surface area contributed by atoms with Crippen molar-refractivity contribution in [1.29, 1.82) is 0 Å². The van der Waals surface area contributed by atoms with Gasteiger partial charge < -0.3 is 14.8 Å². The highest BCUT2D eigenvalue weighted by Gasteiger charge is 2.14. The standard InChI is InChI=1S/C17H28BrNO2/c1-5-9-19-13-16(14-7-6-8-15(18)12-14)20-10-11-21-17(2,3)4/h6-8,12,16,19H,5,9-11,13H2,1-4H3.